The molecule has 1 unspecified atom stereocenters. The number of rotatable bonds is 6. The fourth-order valence-corrected chi connectivity index (χ4v) is 4.47. The lowest BCUT2D eigenvalue weighted by atomic mass is 10.1. The first kappa shape index (κ1) is 19.7. The molecule has 0 saturated heterocycles. The molecule has 0 saturated carbocycles. The van der Waals surface area contributed by atoms with Crippen molar-refractivity contribution in [3.8, 4) is 0 Å². The minimum atomic E-state index is -3.71. The van der Waals surface area contributed by atoms with Crippen LogP contribution in [0, 0.1) is 0 Å². The van der Waals surface area contributed by atoms with Gasteiger partial charge in [0, 0.05) is 5.02 Å². The highest BCUT2D eigenvalue weighted by molar-refractivity contribution is 7.90. The number of sulfone groups is 1. The second-order valence-corrected chi connectivity index (χ2v) is 8.78. The highest BCUT2D eigenvalue weighted by Gasteiger charge is 2.36. The first-order chi connectivity index (χ1) is 11.6. The molecule has 2 N–H and O–H groups in total. The smallest absolute Gasteiger partial charge is 0.257 e. The zero-order chi connectivity index (χ0) is 18.7. The Morgan fingerprint density at radius 3 is 2.40 bits per heavy atom. The summed E-state index contributed by atoms with van der Waals surface area (Å²) in [4.78, 5) is 12.3. The van der Waals surface area contributed by atoms with Crippen LogP contribution in [0.1, 0.15) is 12.5 Å². The molecule has 0 fully saturated rings. The van der Waals surface area contributed by atoms with E-state index in [1.165, 1.54) is 18.2 Å². The molecule has 1 atom stereocenters. The van der Waals surface area contributed by atoms with Crippen molar-refractivity contribution in [2.45, 2.75) is 18.3 Å². The van der Waals surface area contributed by atoms with Gasteiger partial charge in [-0.05, 0) is 30.7 Å². The van der Waals surface area contributed by atoms with Crippen molar-refractivity contribution in [2.75, 3.05) is 11.1 Å². The van der Waals surface area contributed by atoms with Gasteiger partial charge in [-0.2, -0.15) is 0 Å². The van der Waals surface area contributed by atoms with Gasteiger partial charge in [-0.15, -0.1) is 0 Å². The van der Waals surface area contributed by atoms with Crippen LogP contribution in [0.4, 0.5) is 5.69 Å². The Hall–Kier alpha value is -1.60. The van der Waals surface area contributed by atoms with E-state index in [4.69, 9.17) is 23.2 Å². The van der Waals surface area contributed by atoms with Crippen molar-refractivity contribution in [2.24, 2.45) is 0 Å². The zero-order valence-electron chi connectivity index (χ0n) is 13.4. The monoisotopic (exact) mass is 401 g/mol. The van der Waals surface area contributed by atoms with Crippen LogP contribution < -0.4 is 5.32 Å². The average molecular weight is 402 g/mol. The standard InChI is InChI=1S/C17H17Cl2NO4S/c1-17(22,11-25(23,24)10-12-5-3-2-4-6-12)16(21)20-15-8-7-13(18)9-14(15)19/h2-9,22H,10-11H2,1H3,(H,20,21). The molecular formula is C17H17Cl2NO4S. The van der Waals surface area contributed by atoms with Gasteiger partial charge in [-0.3, -0.25) is 4.79 Å². The molecule has 2 rings (SSSR count). The quantitative estimate of drug-likeness (QED) is 0.777. The molecule has 1 amide bonds. The molecular weight excluding hydrogens is 385 g/mol. The molecule has 0 aromatic heterocycles. The lowest BCUT2D eigenvalue weighted by Gasteiger charge is -2.22. The van der Waals surface area contributed by atoms with Gasteiger partial charge >= 0.3 is 0 Å². The van der Waals surface area contributed by atoms with Gasteiger partial charge in [-0.25, -0.2) is 8.42 Å². The number of halogens is 2. The maximum Gasteiger partial charge on any atom is 0.257 e. The Balaban J connectivity index is 2.10. The van der Waals surface area contributed by atoms with Crippen molar-refractivity contribution in [1.82, 2.24) is 0 Å². The fourth-order valence-electron chi connectivity index (χ4n) is 2.22. The van der Waals surface area contributed by atoms with E-state index in [1.807, 2.05) is 0 Å². The maximum absolute atomic E-state index is 12.3. The van der Waals surface area contributed by atoms with E-state index in [-0.39, 0.29) is 16.5 Å². The molecule has 5 nitrogen and oxygen atoms in total. The van der Waals surface area contributed by atoms with E-state index in [2.05, 4.69) is 5.32 Å². The third kappa shape index (κ3) is 5.71. The van der Waals surface area contributed by atoms with Crippen LogP contribution in [0.2, 0.25) is 10.0 Å². The number of hydrogen-bond donors (Lipinski definition) is 2. The number of amides is 1. The largest absolute Gasteiger partial charge is 0.379 e. The Kier molecular flexibility index (Phi) is 6.11. The van der Waals surface area contributed by atoms with Gasteiger partial charge in [0.2, 0.25) is 0 Å². The van der Waals surface area contributed by atoms with Gasteiger partial charge in [-0.1, -0.05) is 53.5 Å². The maximum atomic E-state index is 12.3. The van der Waals surface area contributed by atoms with Crippen molar-refractivity contribution in [3.63, 3.8) is 0 Å². The van der Waals surface area contributed by atoms with Crippen molar-refractivity contribution >= 4 is 44.6 Å². The minimum Gasteiger partial charge on any atom is -0.379 e. The highest BCUT2D eigenvalue weighted by Crippen LogP contribution is 2.26. The summed E-state index contributed by atoms with van der Waals surface area (Å²) in [5.41, 5.74) is -1.30. The van der Waals surface area contributed by atoms with E-state index in [1.54, 1.807) is 30.3 Å². The van der Waals surface area contributed by atoms with E-state index in [0.29, 0.717) is 10.6 Å². The Labute approximate surface area is 156 Å². The topological polar surface area (TPSA) is 83.5 Å². The summed E-state index contributed by atoms with van der Waals surface area (Å²) in [6.45, 7) is 1.15. The molecule has 0 bridgehead atoms. The lowest BCUT2D eigenvalue weighted by molar-refractivity contribution is -0.130. The van der Waals surface area contributed by atoms with Gasteiger partial charge in [0.15, 0.2) is 15.4 Å². The highest BCUT2D eigenvalue weighted by atomic mass is 35.5. The van der Waals surface area contributed by atoms with Crippen LogP contribution in [0.15, 0.2) is 48.5 Å². The molecule has 2 aromatic carbocycles. The Bertz CT molecular complexity index is 867. The lowest BCUT2D eigenvalue weighted by Crippen LogP contribution is -2.46. The minimum absolute atomic E-state index is 0.184. The number of nitrogens with one attached hydrogen (secondary N) is 1. The predicted octanol–water partition coefficient (Wildman–Crippen LogP) is 3.30. The van der Waals surface area contributed by atoms with Crippen molar-refractivity contribution in [1.29, 1.82) is 0 Å². The Morgan fingerprint density at radius 1 is 1.16 bits per heavy atom. The molecule has 134 valence electrons. The molecule has 8 heteroatoms. The zero-order valence-corrected chi connectivity index (χ0v) is 15.7. The van der Waals surface area contributed by atoms with Crippen LogP contribution >= 0.6 is 23.2 Å². The molecule has 0 aliphatic carbocycles. The van der Waals surface area contributed by atoms with E-state index >= 15 is 0 Å². The van der Waals surface area contributed by atoms with Crippen LogP contribution in [0.3, 0.4) is 0 Å². The second kappa shape index (κ2) is 7.74. The van der Waals surface area contributed by atoms with Crippen LogP contribution in [0.25, 0.3) is 0 Å². The third-order valence-corrected chi connectivity index (χ3v) is 5.72. The first-order valence-corrected chi connectivity index (χ1v) is 9.90. The van der Waals surface area contributed by atoms with Crippen LogP contribution in [-0.2, 0) is 20.4 Å². The summed E-state index contributed by atoms with van der Waals surface area (Å²) in [7, 11) is -3.71. The van der Waals surface area contributed by atoms with Gasteiger partial charge in [0.25, 0.3) is 5.91 Å². The number of hydrogen-bond acceptors (Lipinski definition) is 4. The summed E-state index contributed by atoms with van der Waals surface area (Å²) < 4.78 is 24.6. The summed E-state index contributed by atoms with van der Waals surface area (Å²) in [6, 6.07) is 13.0. The van der Waals surface area contributed by atoms with E-state index in [9.17, 15) is 18.3 Å². The van der Waals surface area contributed by atoms with Crippen LogP contribution in [0.5, 0.6) is 0 Å². The molecule has 25 heavy (non-hydrogen) atoms. The molecule has 0 heterocycles. The summed E-state index contributed by atoms with van der Waals surface area (Å²) in [5, 5.41) is 13.3. The summed E-state index contributed by atoms with van der Waals surface area (Å²) in [5.74, 6) is -1.85. The molecule has 0 aliphatic rings. The van der Waals surface area contributed by atoms with Gasteiger partial charge in [0.1, 0.15) is 0 Å². The molecule has 2 aromatic rings. The van der Waals surface area contributed by atoms with Crippen molar-refractivity contribution < 1.29 is 18.3 Å². The van der Waals surface area contributed by atoms with Gasteiger partial charge in [0.05, 0.1) is 22.2 Å². The number of aliphatic hydroxyl groups is 1. The van der Waals surface area contributed by atoms with E-state index in [0.717, 1.165) is 6.92 Å². The number of carbonyl (C=O) groups excluding carboxylic acids is 1. The van der Waals surface area contributed by atoms with Crippen LogP contribution in [-0.4, -0.2) is 30.8 Å². The second-order valence-electron chi connectivity index (χ2n) is 5.87. The first-order valence-electron chi connectivity index (χ1n) is 7.32. The molecule has 0 radical (unpaired) electrons. The predicted molar refractivity (Wildman–Crippen MR) is 99.6 cm³/mol. The summed E-state index contributed by atoms with van der Waals surface area (Å²) >= 11 is 11.7. The summed E-state index contributed by atoms with van der Waals surface area (Å²) in [6.07, 6.45) is 0. The van der Waals surface area contributed by atoms with E-state index < -0.39 is 27.1 Å². The normalized spacial score (nSPS) is 13.9. The molecule has 0 spiro atoms. The third-order valence-electron chi connectivity index (χ3n) is 3.40. The fraction of sp³-hybridized carbons (Fsp3) is 0.235. The van der Waals surface area contributed by atoms with Crippen molar-refractivity contribution in [3.05, 3.63) is 64.1 Å². The number of carbonyl (C=O) groups is 1. The Morgan fingerprint density at radius 2 is 1.80 bits per heavy atom. The average Bonchev–Trinajstić information content (AvgIpc) is 2.49. The number of benzene rings is 2. The SMILES string of the molecule is CC(O)(CS(=O)(=O)Cc1ccccc1)C(=O)Nc1ccc(Cl)cc1Cl. The molecule has 0 aliphatic heterocycles. The van der Waals surface area contributed by atoms with Gasteiger partial charge < -0.3 is 10.4 Å². The number of anilines is 1.